The van der Waals surface area contributed by atoms with Crippen LogP contribution in [0.1, 0.15) is 37.8 Å². The number of amides is 2. The molecule has 35 heavy (non-hydrogen) atoms. The van der Waals surface area contributed by atoms with Crippen LogP contribution in [-0.4, -0.2) is 68.1 Å². The molecule has 4 rings (SSSR count). The van der Waals surface area contributed by atoms with Crippen LogP contribution in [0.25, 0.3) is 11.1 Å². The molecule has 2 heterocycles. The van der Waals surface area contributed by atoms with Gasteiger partial charge in [-0.2, -0.15) is 0 Å². The first kappa shape index (κ1) is 24.7. The second-order valence-electron chi connectivity index (χ2n) is 9.38. The normalized spacial score (nSPS) is 17.9. The third kappa shape index (κ3) is 5.32. The third-order valence-electron chi connectivity index (χ3n) is 6.84. The molecule has 1 saturated heterocycles. The monoisotopic (exact) mass is 477 g/mol. The number of methoxy groups -OCH3 is 1. The first-order valence-electron chi connectivity index (χ1n) is 12.2. The smallest absolute Gasteiger partial charge is 0.250 e. The number of hydrogen-bond acceptors (Lipinski definition) is 6. The maximum absolute atomic E-state index is 12.5. The predicted molar refractivity (Wildman–Crippen MR) is 140 cm³/mol. The number of nitrogens with zero attached hydrogens (tertiary/aromatic N) is 4. The number of hydrogen-bond donors (Lipinski definition) is 1. The van der Waals surface area contributed by atoms with E-state index in [1.165, 1.54) is 6.08 Å². The van der Waals surface area contributed by atoms with Gasteiger partial charge in [0.15, 0.2) is 5.82 Å². The Morgan fingerprint density at radius 1 is 1.29 bits per heavy atom. The van der Waals surface area contributed by atoms with E-state index in [1.807, 2.05) is 35.2 Å². The van der Waals surface area contributed by atoms with Gasteiger partial charge in [0.1, 0.15) is 0 Å². The van der Waals surface area contributed by atoms with E-state index >= 15 is 0 Å². The second-order valence-corrected chi connectivity index (χ2v) is 9.38. The third-order valence-corrected chi connectivity index (χ3v) is 6.84. The summed E-state index contributed by atoms with van der Waals surface area (Å²) in [6, 6.07) is 9.96. The Morgan fingerprint density at radius 2 is 2.06 bits per heavy atom. The van der Waals surface area contributed by atoms with Crippen molar-refractivity contribution in [2.45, 2.75) is 38.1 Å². The van der Waals surface area contributed by atoms with Gasteiger partial charge in [-0.05, 0) is 49.6 Å². The molecule has 2 aliphatic rings. The van der Waals surface area contributed by atoms with Gasteiger partial charge in [-0.25, -0.2) is 4.98 Å². The predicted octanol–water partition coefficient (Wildman–Crippen LogP) is 3.43. The van der Waals surface area contributed by atoms with E-state index in [9.17, 15) is 9.59 Å². The molecule has 1 aromatic heterocycles. The van der Waals surface area contributed by atoms with Gasteiger partial charge in [-0.15, -0.1) is 0 Å². The summed E-state index contributed by atoms with van der Waals surface area (Å²) in [6.07, 6.45) is 3.92. The summed E-state index contributed by atoms with van der Waals surface area (Å²) < 4.78 is 5.06. The highest BCUT2D eigenvalue weighted by Crippen LogP contribution is 2.46. The van der Waals surface area contributed by atoms with Crippen molar-refractivity contribution in [3.05, 3.63) is 48.7 Å². The van der Waals surface area contributed by atoms with E-state index in [0.717, 1.165) is 41.2 Å². The zero-order valence-corrected chi connectivity index (χ0v) is 20.9. The van der Waals surface area contributed by atoms with E-state index in [0.29, 0.717) is 44.3 Å². The SMILES string of the molecule is C=CC(=O)N(C)c1cccc(-c2cc(N)c(N3CCN(C(=O)CCOC)[C@H](C)C3)nc2C2CC2)c1. The minimum absolute atomic E-state index is 0.0629. The molecular weight excluding hydrogens is 442 g/mol. The van der Waals surface area contributed by atoms with E-state index in [2.05, 4.69) is 18.4 Å². The molecule has 0 unspecified atom stereocenters. The number of anilines is 3. The van der Waals surface area contributed by atoms with Crippen molar-refractivity contribution in [2.75, 3.05) is 55.9 Å². The van der Waals surface area contributed by atoms with Gasteiger partial charge in [0.05, 0.1) is 24.4 Å². The van der Waals surface area contributed by atoms with Crippen molar-refractivity contribution < 1.29 is 14.3 Å². The number of pyridine rings is 1. The molecule has 2 aromatic rings. The van der Waals surface area contributed by atoms with Gasteiger partial charge >= 0.3 is 0 Å². The van der Waals surface area contributed by atoms with Crippen molar-refractivity contribution in [1.82, 2.24) is 9.88 Å². The lowest BCUT2D eigenvalue weighted by Crippen LogP contribution is -2.54. The molecule has 1 aromatic carbocycles. The highest BCUT2D eigenvalue weighted by atomic mass is 16.5. The first-order valence-corrected chi connectivity index (χ1v) is 12.2. The lowest BCUT2D eigenvalue weighted by molar-refractivity contribution is -0.134. The standard InChI is InChI=1S/C27H35N5O3/c1-5-24(33)30(3)21-8-6-7-20(15-21)22-16-23(28)27(29-26(22)19-9-10-19)31-12-13-32(18(2)17-31)25(34)11-14-35-4/h5-8,15-16,18-19H,1,9-14,17,28H2,2-4H3/t18-/m1/s1. The summed E-state index contributed by atoms with van der Waals surface area (Å²) in [5.41, 5.74) is 11.0. The van der Waals surface area contributed by atoms with Crippen LogP contribution in [0.2, 0.25) is 0 Å². The highest BCUT2D eigenvalue weighted by molar-refractivity contribution is 6.01. The molecular formula is C27H35N5O3. The summed E-state index contributed by atoms with van der Waals surface area (Å²) in [5, 5.41) is 0. The molecule has 0 radical (unpaired) electrons. The van der Waals surface area contributed by atoms with Crippen LogP contribution in [0.4, 0.5) is 17.2 Å². The van der Waals surface area contributed by atoms with Gasteiger partial charge in [0.25, 0.3) is 0 Å². The van der Waals surface area contributed by atoms with Gasteiger partial charge in [0, 0.05) is 57.0 Å². The zero-order valence-electron chi connectivity index (χ0n) is 20.9. The molecule has 2 fully saturated rings. The number of carbonyl (C=O) groups is 2. The fraction of sp³-hybridized carbons (Fsp3) is 0.444. The van der Waals surface area contributed by atoms with Gasteiger partial charge in [-0.3, -0.25) is 9.59 Å². The van der Waals surface area contributed by atoms with Crippen LogP contribution in [0, 0.1) is 0 Å². The fourth-order valence-electron chi connectivity index (χ4n) is 4.69. The molecule has 186 valence electrons. The quantitative estimate of drug-likeness (QED) is 0.586. The van der Waals surface area contributed by atoms with Crippen LogP contribution in [-0.2, 0) is 14.3 Å². The summed E-state index contributed by atoms with van der Waals surface area (Å²) in [6.45, 7) is 8.09. The number of nitrogens with two attached hydrogens (primary N) is 1. The van der Waals surface area contributed by atoms with Crippen molar-refractivity contribution in [3.8, 4) is 11.1 Å². The number of carbonyl (C=O) groups excluding carboxylic acids is 2. The van der Waals surface area contributed by atoms with Gasteiger partial charge in [0.2, 0.25) is 11.8 Å². The first-order chi connectivity index (χ1) is 16.8. The Bertz CT molecular complexity index is 1110. The second kappa shape index (κ2) is 10.5. The summed E-state index contributed by atoms with van der Waals surface area (Å²) >= 11 is 0. The van der Waals surface area contributed by atoms with Gasteiger partial charge < -0.3 is 25.2 Å². The molecule has 2 amide bonds. The Balaban J connectivity index is 1.61. The minimum atomic E-state index is -0.161. The number of benzene rings is 1. The lowest BCUT2D eigenvalue weighted by atomic mass is 9.99. The van der Waals surface area contributed by atoms with Crippen molar-refractivity contribution >= 4 is 29.0 Å². The average Bonchev–Trinajstić information content (AvgIpc) is 3.71. The van der Waals surface area contributed by atoms with Gasteiger partial charge in [-0.1, -0.05) is 18.7 Å². The molecule has 1 aliphatic carbocycles. The molecule has 1 saturated carbocycles. The molecule has 2 N–H and O–H groups in total. The summed E-state index contributed by atoms with van der Waals surface area (Å²) in [4.78, 5) is 35.4. The largest absolute Gasteiger partial charge is 0.396 e. The number of likely N-dealkylation sites (N-methyl/N-ethyl adjacent to an activating group) is 1. The Morgan fingerprint density at radius 3 is 2.71 bits per heavy atom. The molecule has 1 aliphatic heterocycles. The van der Waals surface area contributed by atoms with Crippen LogP contribution < -0.4 is 15.5 Å². The van der Waals surface area contributed by atoms with Crippen LogP contribution in [0.3, 0.4) is 0 Å². The maximum atomic E-state index is 12.5. The van der Waals surface area contributed by atoms with E-state index in [1.54, 1.807) is 19.1 Å². The molecule has 8 nitrogen and oxygen atoms in total. The Labute approximate surface area is 207 Å². The number of rotatable bonds is 8. The maximum Gasteiger partial charge on any atom is 0.250 e. The molecule has 1 atom stereocenters. The van der Waals surface area contributed by atoms with E-state index < -0.39 is 0 Å². The number of nitrogen functional groups attached to an aromatic ring is 1. The van der Waals surface area contributed by atoms with Crippen molar-refractivity contribution in [3.63, 3.8) is 0 Å². The zero-order chi connectivity index (χ0) is 25.1. The summed E-state index contributed by atoms with van der Waals surface area (Å²) in [7, 11) is 3.35. The number of piperazine rings is 1. The number of ether oxygens (including phenoxy) is 1. The average molecular weight is 478 g/mol. The van der Waals surface area contributed by atoms with E-state index in [-0.39, 0.29) is 17.9 Å². The van der Waals surface area contributed by atoms with Crippen molar-refractivity contribution in [2.24, 2.45) is 0 Å². The summed E-state index contributed by atoms with van der Waals surface area (Å²) in [5.74, 6) is 1.16. The highest BCUT2D eigenvalue weighted by Gasteiger charge is 2.32. The molecule has 0 bridgehead atoms. The topological polar surface area (TPSA) is 92.0 Å². The molecule has 0 spiro atoms. The van der Waals surface area contributed by atoms with E-state index in [4.69, 9.17) is 15.5 Å². The molecule has 8 heteroatoms. The Hall–Kier alpha value is -3.39. The fourth-order valence-corrected chi connectivity index (χ4v) is 4.69. The van der Waals surface area contributed by atoms with Crippen LogP contribution in [0.15, 0.2) is 43.0 Å². The number of aromatic nitrogens is 1. The van der Waals surface area contributed by atoms with Crippen LogP contribution >= 0.6 is 0 Å². The Kier molecular flexibility index (Phi) is 7.40. The minimum Gasteiger partial charge on any atom is -0.396 e. The van der Waals surface area contributed by atoms with Crippen LogP contribution in [0.5, 0.6) is 0 Å². The lowest BCUT2D eigenvalue weighted by Gasteiger charge is -2.41. The van der Waals surface area contributed by atoms with Crippen molar-refractivity contribution in [1.29, 1.82) is 0 Å².